The monoisotopic (exact) mass is 382 g/mol. The summed E-state index contributed by atoms with van der Waals surface area (Å²) in [6.07, 6.45) is 2.03. The van der Waals surface area contributed by atoms with E-state index in [9.17, 15) is 14.9 Å². The Morgan fingerprint density at radius 3 is 2.64 bits per heavy atom. The molecule has 0 radical (unpaired) electrons. The number of hydrogen-bond donors (Lipinski definition) is 2. The van der Waals surface area contributed by atoms with E-state index >= 15 is 0 Å². The van der Waals surface area contributed by atoms with Gasteiger partial charge < -0.3 is 20.3 Å². The zero-order chi connectivity index (χ0) is 19.5. The Morgan fingerprint density at radius 1 is 1.14 bits per heavy atom. The van der Waals surface area contributed by atoms with E-state index in [-0.39, 0.29) is 17.2 Å². The molecule has 0 spiro atoms. The van der Waals surface area contributed by atoms with Crippen LogP contribution in [0.2, 0.25) is 0 Å². The third kappa shape index (κ3) is 4.23. The number of morpholine rings is 1. The van der Waals surface area contributed by atoms with Crippen molar-refractivity contribution in [1.82, 2.24) is 0 Å². The van der Waals surface area contributed by atoms with Gasteiger partial charge >= 0.3 is 0 Å². The smallest absolute Gasteiger partial charge is 0.293 e. The van der Waals surface area contributed by atoms with Crippen molar-refractivity contribution in [1.29, 1.82) is 0 Å². The Kier molecular flexibility index (Phi) is 5.12. The highest BCUT2D eigenvalue weighted by molar-refractivity contribution is 6.05. The van der Waals surface area contributed by atoms with Crippen molar-refractivity contribution in [3.05, 3.63) is 58.1 Å². The van der Waals surface area contributed by atoms with Gasteiger partial charge in [-0.2, -0.15) is 0 Å². The molecule has 1 heterocycles. The van der Waals surface area contributed by atoms with Crippen LogP contribution in [0.15, 0.2) is 42.5 Å². The van der Waals surface area contributed by atoms with E-state index in [0.29, 0.717) is 30.6 Å². The molecule has 4 rings (SSSR count). The zero-order valence-corrected chi connectivity index (χ0v) is 15.4. The number of hydrogen-bond acceptors (Lipinski definition) is 6. The maximum atomic E-state index is 12.6. The minimum atomic E-state index is -0.458. The maximum absolute atomic E-state index is 12.6. The second kappa shape index (κ2) is 7.85. The Balaban J connectivity index is 1.50. The summed E-state index contributed by atoms with van der Waals surface area (Å²) in [7, 11) is 0. The number of nitrogens with one attached hydrogen (secondary N) is 2. The summed E-state index contributed by atoms with van der Waals surface area (Å²) in [5.74, 6) is -0.375. The van der Waals surface area contributed by atoms with Gasteiger partial charge in [0.1, 0.15) is 5.69 Å². The lowest BCUT2D eigenvalue weighted by atomic mass is 10.1. The minimum Gasteiger partial charge on any atom is -0.378 e. The average molecular weight is 382 g/mol. The molecule has 1 saturated carbocycles. The van der Waals surface area contributed by atoms with Crippen molar-refractivity contribution in [2.75, 3.05) is 41.8 Å². The van der Waals surface area contributed by atoms with E-state index in [4.69, 9.17) is 4.74 Å². The van der Waals surface area contributed by atoms with Crippen LogP contribution in [-0.4, -0.2) is 43.2 Å². The van der Waals surface area contributed by atoms with E-state index in [0.717, 1.165) is 31.6 Å². The zero-order valence-electron chi connectivity index (χ0n) is 15.4. The van der Waals surface area contributed by atoms with Gasteiger partial charge in [0, 0.05) is 42.1 Å². The average Bonchev–Trinajstić information content (AvgIpc) is 3.53. The molecule has 8 nitrogen and oxygen atoms in total. The van der Waals surface area contributed by atoms with Crippen LogP contribution in [0, 0.1) is 10.1 Å². The predicted molar refractivity (Wildman–Crippen MR) is 107 cm³/mol. The largest absolute Gasteiger partial charge is 0.378 e. The molecule has 8 heteroatoms. The first-order valence-corrected chi connectivity index (χ1v) is 9.39. The molecule has 28 heavy (non-hydrogen) atoms. The van der Waals surface area contributed by atoms with Gasteiger partial charge in [0.25, 0.3) is 11.6 Å². The highest BCUT2D eigenvalue weighted by Crippen LogP contribution is 2.32. The van der Waals surface area contributed by atoms with E-state index in [1.807, 2.05) is 18.2 Å². The molecule has 1 saturated heterocycles. The molecule has 146 valence electrons. The fraction of sp³-hybridized carbons (Fsp3) is 0.350. The molecule has 1 amide bonds. The van der Waals surface area contributed by atoms with E-state index in [1.54, 1.807) is 18.2 Å². The van der Waals surface area contributed by atoms with Crippen LogP contribution in [0.1, 0.15) is 23.2 Å². The number of amides is 1. The maximum Gasteiger partial charge on any atom is 0.293 e. The topological polar surface area (TPSA) is 96.7 Å². The lowest BCUT2D eigenvalue weighted by Gasteiger charge is -2.29. The molecule has 2 aromatic carbocycles. The van der Waals surface area contributed by atoms with Gasteiger partial charge in [0.05, 0.1) is 18.1 Å². The van der Waals surface area contributed by atoms with Crippen LogP contribution in [0.3, 0.4) is 0 Å². The van der Waals surface area contributed by atoms with Crippen molar-refractivity contribution in [2.24, 2.45) is 0 Å². The second-order valence-corrected chi connectivity index (χ2v) is 7.01. The Hall–Kier alpha value is -3.13. The number of nitro benzene ring substituents is 1. The van der Waals surface area contributed by atoms with Crippen molar-refractivity contribution >= 4 is 28.7 Å². The lowest BCUT2D eigenvalue weighted by molar-refractivity contribution is -0.384. The van der Waals surface area contributed by atoms with E-state index in [1.165, 1.54) is 6.07 Å². The molecule has 1 aliphatic heterocycles. The summed E-state index contributed by atoms with van der Waals surface area (Å²) in [5, 5.41) is 17.4. The van der Waals surface area contributed by atoms with Crippen LogP contribution < -0.4 is 15.5 Å². The number of carbonyl (C=O) groups excluding carboxylic acids is 1. The molecule has 0 bridgehead atoms. The number of rotatable bonds is 6. The fourth-order valence-electron chi connectivity index (χ4n) is 3.20. The second-order valence-electron chi connectivity index (χ2n) is 7.01. The first-order chi connectivity index (χ1) is 13.6. The molecule has 2 aliphatic rings. The van der Waals surface area contributed by atoms with Crippen LogP contribution in [0.5, 0.6) is 0 Å². The molecule has 1 aliphatic carbocycles. The predicted octanol–water partition coefficient (Wildman–Crippen LogP) is 3.26. The fourth-order valence-corrected chi connectivity index (χ4v) is 3.20. The van der Waals surface area contributed by atoms with Gasteiger partial charge in [-0.25, -0.2) is 0 Å². The van der Waals surface area contributed by atoms with E-state index in [2.05, 4.69) is 15.5 Å². The number of nitro groups is 1. The lowest BCUT2D eigenvalue weighted by Crippen LogP contribution is -2.36. The van der Waals surface area contributed by atoms with Crippen molar-refractivity contribution in [2.45, 2.75) is 18.9 Å². The molecule has 2 fully saturated rings. The van der Waals surface area contributed by atoms with Crippen LogP contribution in [-0.2, 0) is 4.74 Å². The molecular formula is C20H22N4O4. The number of benzene rings is 2. The molecule has 2 aromatic rings. The van der Waals surface area contributed by atoms with Gasteiger partial charge in [-0.05, 0) is 43.2 Å². The standard InChI is InChI=1S/C20H22N4O4/c25-20(14-4-7-18(21-15-5-6-15)19(12-14)24(26)27)22-16-2-1-3-17(13-16)23-8-10-28-11-9-23/h1-4,7,12-13,15,21H,5-6,8-11H2,(H,22,25). The Bertz CT molecular complexity index is 892. The first-order valence-electron chi connectivity index (χ1n) is 9.39. The number of carbonyl (C=O) groups is 1. The quantitative estimate of drug-likeness (QED) is 0.588. The third-order valence-electron chi connectivity index (χ3n) is 4.87. The number of nitrogens with zero attached hydrogens (tertiary/aromatic N) is 2. The van der Waals surface area contributed by atoms with Crippen LogP contribution in [0.25, 0.3) is 0 Å². The summed E-state index contributed by atoms with van der Waals surface area (Å²) in [4.78, 5) is 25.8. The number of ether oxygens (including phenoxy) is 1. The first kappa shape index (κ1) is 18.2. The Labute approximate surface area is 162 Å². The summed E-state index contributed by atoms with van der Waals surface area (Å²) in [5.41, 5.74) is 2.29. The van der Waals surface area contributed by atoms with Crippen molar-refractivity contribution < 1.29 is 14.5 Å². The summed E-state index contributed by atoms with van der Waals surface area (Å²) in [6.45, 7) is 2.97. The highest BCUT2D eigenvalue weighted by Gasteiger charge is 2.25. The van der Waals surface area contributed by atoms with Gasteiger partial charge in [-0.15, -0.1) is 0 Å². The minimum absolute atomic E-state index is 0.0818. The summed E-state index contributed by atoms with van der Waals surface area (Å²) < 4.78 is 5.37. The van der Waals surface area contributed by atoms with E-state index < -0.39 is 4.92 Å². The molecule has 0 aromatic heterocycles. The van der Waals surface area contributed by atoms with Gasteiger partial charge in [-0.1, -0.05) is 6.07 Å². The Morgan fingerprint density at radius 2 is 1.93 bits per heavy atom. The number of anilines is 3. The van der Waals surface area contributed by atoms with Gasteiger partial charge in [0.2, 0.25) is 0 Å². The molecule has 0 unspecified atom stereocenters. The van der Waals surface area contributed by atoms with Gasteiger partial charge in [-0.3, -0.25) is 14.9 Å². The van der Waals surface area contributed by atoms with Crippen LogP contribution >= 0.6 is 0 Å². The third-order valence-corrected chi connectivity index (χ3v) is 4.87. The molecule has 2 N–H and O–H groups in total. The highest BCUT2D eigenvalue weighted by atomic mass is 16.6. The molecular weight excluding hydrogens is 360 g/mol. The normalized spacial score (nSPS) is 16.5. The van der Waals surface area contributed by atoms with Crippen molar-refractivity contribution in [3.8, 4) is 0 Å². The summed E-state index contributed by atoms with van der Waals surface area (Å²) in [6, 6.07) is 12.4. The van der Waals surface area contributed by atoms with Crippen molar-refractivity contribution in [3.63, 3.8) is 0 Å². The molecule has 0 atom stereocenters. The SMILES string of the molecule is O=C(Nc1cccc(N2CCOCC2)c1)c1ccc(NC2CC2)c([N+](=O)[O-])c1. The summed E-state index contributed by atoms with van der Waals surface area (Å²) >= 11 is 0. The van der Waals surface area contributed by atoms with Gasteiger partial charge in [0.15, 0.2) is 0 Å². The van der Waals surface area contributed by atoms with Crippen LogP contribution in [0.4, 0.5) is 22.7 Å².